The average molecular weight is 408 g/mol. The molecule has 0 amide bonds. The van der Waals surface area contributed by atoms with Gasteiger partial charge in [-0.3, -0.25) is 4.90 Å². The Balaban J connectivity index is 1.69. The first-order valence-electron chi connectivity index (χ1n) is 9.04. The summed E-state index contributed by atoms with van der Waals surface area (Å²) in [5.74, 6) is 1.09. The maximum absolute atomic E-state index is 13.3. The van der Waals surface area contributed by atoms with Gasteiger partial charge in [-0.2, -0.15) is 4.31 Å². The molecule has 3 rings (SSSR count). The molecule has 152 valence electrons. The molecule has 0 N–H and O–H groups in total. The second-order valence-electron chi connectivity index (χ2n) is 6.77. The van der Waals surface area contributed by atoms with Gasteiger partial charge < -0.3 is 9.47 Å². The largest absolute Gasteiger partial charge is 0.497 e. The normalized spacial score (nSPS) is 16.1. The summed E-state index contributed by atoms with van der Waals surface area (Å²) < 4.78 is 51.3. The van der Waals surface area contributed by atoms with Crippen LogP contribution in [0.2, 0.25) is 0 Å². The van der Waals surface area contributed by atoms with Crippen molar-refractivity contribution in [2.24, 2.45) is 0 Å². The SMILES string of the molecule is COc1ccc(OC)c(CN2CCN(S(=O)(=O)c3ccc(F)cc3C)CC2)c1. The summed E-state index contributed by atoms with van der Waals surface area (Å²) in [6.45, 7) is 4.21. The molecule has 1 aliphatic rings. The molecule has 1 aliphatic heterocycles. The predicted octanol–water partition coefficient (Wildman–Crippen LogP) is 2.66. The molecule has 1 heterocycles. The van der Waals surface area contributed by atoms with Crippen LogP contribution in [-0.2, 0) is 16.6 Å². The number of rotatable bonds is 6. The highest BCUT2D eigenvalue weighted by Crippen LogP contribution is 2.27. The third-order valence-electron chi connectivity index (χ3n) is 4.97. The fourth-order valence-corrected chi connectivity index (χ4v) is 5.04. The molecular weight excluding hydrogens is 383 g/mol. The fourth-order valence-electron chi connectivity index (χ4n) is 3.42. The van der Waals surface area contributed by atoms with E-state index in [-0.39, 0.29) is 4.90 Å². The fraction of sp³-hybridized carbons (Fsp3) is 0.400. The van der Waals surface area contributed by atoms with Gasteiger partial charge in [0.2, 0.25) is 10.0 Å². The zero-order valence-corrected chi connectivity index (χ0v) is 17.1. The van der Waals surface area contributed by atoms with Gasteiger partial charge in [0.25, 0.3) is 0 Å². The van der Waals surface area contributed by atoms with E-state index in [1.165, 1.54) is 22.5 Å². The quantitative estimate of drug-likeness (QED) is 0.736. The van der Waals surface area contributed by atoms with Crippen molar-refractivity contribution in [3.8, 4) is 11.5 Å². The highest BCUT2D eigenvalue weighted by Gasteiger charge is 2.30. The number of hydrogen-bond donors (Lipinski definition) is 0. The molecule has 1 fully saturated rings. The second kappa shape index (κ2) is 8.46. The highest BCUT2D eigenvalue weighted by molar-refractivity contribution is 7.89. The Morgan fingerprint density at radius 1 is 1.00 bits per heavy atom. The first-order chi connectivity index (χ1) is 13.3. The summed E-state index contributed by atoms with van der Waals surface area (Å²) in [6.07, 6.45) is 0. The molecule has 0 unspecified atom stereocenters. The first-order valence-corrected chi connectivity index (χ1v) is 10.5. The summed E-state index contributed by atoms with van der Waals surface area (Å²) in [6, 6.07) is 9.42. The van der Waals surface area contributed by atoms with E-state index in [4.69, 9.17) is 9.47 Å². The van der Waals surface area contributed by atoms with Crippen molar-refractivity contribution in [2.75, 3.05) is 40.4 Å². The number of aryl methyl sites for hydroxylation is 1. The number of halogens is 1. The van der Waals surface area contributed by atoms with Crippen LogP contribution in [0.5, 0.6) is 11.5 Å². The molecule has 28 heavy (non-hydrogen) atoms. The number of nitrogens with zero attached hydrogens (tertiary/aromatic N) is 2. The second-order valence-corrected chi connectivity index (χ2v) is 8.67. The molecule has 0 bridgehead atoms. The summed E-state index contributed by atoms with van der Waals surface area (Å²) >= 11 is 0. The topological polar surface area (TPSA) is 59.1 Å². The van der Waals surface area contributed by atoms with Gasteiger partial charge in [-0.25, -0.2) is 12.8 Å². The zero-order chi connectivity index (χ0) is 20.3. The average Bonchev–Trinajstić information content (AvgIpc) is 2.68. The van der Waals surface area contributed by atoms with E-state index in [0.29, 0.717) is 38.3 Å². The van der Waals surface area contributed by atoms with E-state index < -0.39 is 15.8 Å². The number of sulfonamides is 1. The van der Waals surface area contributed by atoms with Crippen LogP contribution < -0.4 is 9.47 Å². The molecule has 0 aliphatic carbocycles. The molecule has 2 aromatic carbocycles. The third kappa shape index (κ3) is 4.29. The lowest BCUT2D eigenvalue weighted by atomic mass is 10.1. The lowest BCUT2D eigenvalue weighted by Crippen LogP contribution is -2.48. The highest BCUT2D eigenvalue weighted by atomic mass is 32.2. The summed E-state index contributed by atoms with van der Waals surface area (Å²) in [5.41, 5.74) is 1.41. The van der Waals surface area contributed by atoms with E-state index in [0.717, 1.165) is 17.1 Å². The molecule has 8 heteroatoms. The zero-order valence-electron chi connectivity index (χ0n) is 16.3. The first kappa shape index (κ1) is 20.6. The van der Waals surface area contributed by atoms with E-state index in [9.17, 15) is 12.8 Å². The minimum Gasteiger partial charge on any atom is -0.497 e. The number of benzene rings is 2. The van der Waals surface area contributed by atoms with Crippen LogP contribution in [-0.4, -0.2) is 58.0 Å². The van der Waals surface area contributed by atoms with E-state index >= 15 is 0 Å². The Bertz CT molecular complexity index is 941. The Kier molecular flexibility index (Phi) is 6.22. The maximum Gasteiger partial charge on any atom is 0.243 e. The maximum atomic E-state index is 13.3. The standard InChI is InChI=1S/C20H25FN2O4S/c1-15-12-17(21)4-7-20(15)28(24,25)23-10-8-22(9-11-23)14-16-13-18(26-2)5-6-19(16)27-3/h4-7,12-13H,8-11,14H2,1-3H3. The smallest absolute Gasteiger partial charge is 0.243 e. The summed E-state index contributed by atoms with van der Waals surface area (Å²) in [7, 11) is -0.390. The van der Waals surface area contributed by atoms with E-state index in [2.05, 4.69) is 4.90 Å². The predicted molar refractivity (Wildman–Crippen MR) is 105 cm³/mol. The van der Waals surface area contributed by atoms with Gasteiger partial charge in [0.05, 0.1) is 19.1 Å². The van der Waals surface area contributed by atoms with Crippen LogP contribution in [0.3, 0.4) is 0 Å². The van der Waals surface area contributed by atoms with Gasteiger partial charge in [0.15, 0.2) is 0 Å². The van der Waals surface area contributed by atoms with Crippen LogP contribution in [0.1, 0.15) is 11.1 Å². The molecule has 2 aromatic rings. The van der Waals surface area contributed by atoms with Crippen molar-refractivity contribution in [1.82, 2.24) is 9.21 Å². The van der Waals surface area contributed by atoms with Crippen LogP contribution in [0.15, 0.2) is 41.3 Å². The Hall–Kier alpha value is -2.16. The molecule has 0 saturated carbocycles. The van der Waals surface area contributed by atoms with Gasteiger partial charge >= 0.3 is 0 Å². The van der Waals surface area contributed by atoms with Crippen molar-refractivity contribution >= 4 is 10.0 Å². The molecule has 0 aromatic heterocycles. The van der Waals surface area contributed by atoms with Crippen molar-refractivity contribution in [2.45, 2.75) is 18.4 Å². The number of hydrogen-bond acceptors (Lipinski definition) is 5. The van der Waals surface area contributed by atoms with Gasteiger partial charge in [0.1, 0.15) is 17.3 Å². The molecule has 0 spiro atoms. The minimum atomic E-state index is -3.63. The van der Waals surface area contributed by atoms with Crippen LogP contribution >= 0.6 is 0 Å². The Morgan fingerprint density at radius 2 is 1.71 bits per heavy atom. The third-order valence-corrected chi connectivity index (χ3v) is 7.03. The number of ether oxygens (including phenoxy) is 2. The van der Waals surface area contributed by atoms with Gasteiger partial charge in [-0.15, -0.1) is 0 Å². The van der Waals surface area contributed by atoms with Crippen LogP contribution in [0.25, 0.3) is 0 Å². The van der Waals surface area contributed by atoms with Gasteiger partial charge in [-0.05, 0) is 48.9 Å². The Morgan fingerprint density at radius 3 is 2.32 bits per heavy atom. The van der Waals surface area contributed by atoms with Crippen LogP contribution in [0.4, 0.5) is 4.39 Å². The van der Waals surface area contributed by atoms with Crippen LogP contribution in [0, 0.1) is 12.7 Å². The van der Waals surface area contributed by atoms with Gasteiger partial charge in [0, 0.05) is 38.3 Å². The van der Waals surface area contributed by atoms with Gasteiger partial charge in [-0.1, -0.05) is 0 Å². The summed E-state index contributed by atoms with van der Waals surface area (Å²) in [4.78, 5) is 2.35. The lowest BCUT2D eigenvalue weighted by molar-refractivity contribution is 0.180. The molecule has 1 saturated heterocycles. The van der Waals surface area contributed by atoms with Crippen molar-refractivity contribution in [3.05, 3.63) is 53.3 Å². The van der Waals surface area contributed by atoms with Crippen molar-refractivity contribution < 1.29 is 22.3 Å². The molecular formula is C20H25FN2O4S. The van der Waals surface area contributed by atoms with E-state index in [1.807, 2.05) is 18.2 Å². The molecule has 0 radical (unpaired) electrons. The Labute approximate surface area is 165 Å². The molecule has 0 atom stereocenters. The number of piperazine rings is 1. The summed E-state index contributed by atoms with van der Waals surface area (Å²) in [5, 5.41) is 0. The number of methoxy groups -OCH3 is 2. The molecule has 6 nitrogen and oxygen atoms in total. The van der Waals surface area contributed by atoms with Crippen molar-refractivity contribution in [3.63, 3.8) is 0 Å². The lowest BCUT2D eigenvalue weighted by Gasteiger charge is -2.34. The monoisotopic (exact) mass is 408 g/mol. The minimum absolute atomic E-state index is 0.164. The van der Waals surface area contributed by atoms with Crippen molar-refractivity contribution in [1.29, 1.82) is 0 Å². The van der Waals surface area contributed by atoms with E-state index in [1.54, 1.807) is 21.1 Å².